The summed E-state index contributed by atoms with van der Waals surface area (Å²) in [4.78, 5) is 33.9. The Hall–Kier alpha value is -1.39. The van der Waals surface area contributed by atoms with Crippen LogP contribution in [0.5, 0.6) is 0 Å². The van der Waals surface area contributed by atoms with Crippen molar-refractivity contribution < 1.29 is 23.9 Å². The average Bonchev–Trinajstić information content (AvgIpc) is 2.24. The molecule has 0 aromatic rings. The summed E-state index contributed by atoms with van der Waals surface area (Å²) < 4.78 is 9.83. The summed E-state index contributed by atoms with van der Waals surface area (Å²) in [7, 11) is 0. The number of hydrogen-bond donors (Lipinski definition) is 0. The lowest BCUT2D eigenvalue weighted by Gasteiger charge is -2.20. The van der Waals surface area contributed by atoms with Crippen LogP contribution in [0.4, 0.5) is 0 Å². The van der Waals surface area contributed by atoms with Crippen molar-refractivity contribution in [3.8, 4) is 0 Å². The predicted octanol–water partition coefficient (Wildman–Crippen LogP) is 2.22. The molecule has 0 spiro atoms. The van der Waals surface area contributed by atoms with Gasteiger partial charge in [0.1, 0.15) is 5.78 Å². The zero-order valence-corrected chi connectivity index (χ0v) is 11.7. The van der Waals surface area contributed by atoms with Gasteiger partial charge < -0.3 is 9.47 Å². The second-order valence-electron chi connectivity index (χ2n) is 5.11. The summed E-state index contributed by atoms with van der Waals surface area (Å²) >= 11 is 0. The molecule has 104 valence electrons. The van der Waals surface area contributed by atoms with E-state index in [2.05, 4.69) is 0 Å². The summed E-state index contributed by atoms with van der Waals surface area (Å²) in [5, 5.41) is 0. The number of Topliss-reactive ketones (excluding diaryl/α,β-unsaturated/α-hetero) is 1. The van der Waals surface area contributed by atoms with E-state index >= 15 is 0 Å². The largest absolute Gasteiger partial charge is 0.425 e. The van der Waals surface area contributed by atoms with Gasteiger partial charge in [-0.1, -0.05) is 6.92 Å². The molecule has 0 amide bonds. The Balaban J connectivity index is 4.02. The van der Waals surface area contributed by atoms with Gasteiger partial charge in [0.2, 0.25) is 6.29 Å². The van der Waals surface area contributed by atoms with E-state index in [1.54, 1.807) is 27.7 Å². The molecule has 0 rings (SSSR count). The van der Waals surface area contributed by atoms with Gasteiger partial charge in [-0.2, -0.15) is 0 Å². The van der Waals surface area contributed by atoms with Crippen molar-refractivity contribution in [2.75, 3.05) is 0 Å². The maximum absolute atomic E-state index is 11.5. The molecule has 0 aromatic heterocycles. The molecule has 0 aliphatic rings. The topological polar surface area (TPSA) is 69.7 Å². The molecule has 18 heavy (non-hydrogen) atoms. The third-order valence-electron chi connectivity index (χ3n) is 2.19. The highest BCUT2D eigenvalue weighted by molar-refractivity contribution is 5.82. The lowest BCUT2D eigenvalue weighted by molar-refractivity contribution is -0.190. The average molecular weight is 258 g/mol. The molecule has 0 radical (unpaired) electrons. The number of carbonyl (C=O) groups excluding carboxylic acids is 3. The quantitative estimate of drug-likeness (QED) is 0.539. The molecule has 1 unspecified atom stereocenters. The Bertz CT molecular complexity index is 314. The van der Waals surface area contributed by atoms with Crippen LogP contribution in [0, 0.1) is 5.41 Å². The first kappa shape index (κ1) is 16.6. The molecule has 0 saturated carbocycles. The van der Waals surface area contributed by atoms with E-state index in [1.165, 1.54) is 6.92 Å². The molecule has 5 nitrogen and oxygen atoms in total. The fourth-order valence-electron chi connectivity index (χ4n) is 1.01. The second kappa shape index (κ2) is 7.13. The van der Waals surface area contributed by atoms with E-state index in [-0.39, 0.29) is 18.6 Å². The summed E-state index contributed by atoms with van der Waals surface area (Å²) in [6.45, 7) is 8.35. The third kappa shape index (κ3) is 7.04. The van der Waals surface area contributed by atoms with Crippen LogP contribution >= 0.6 is 0 Å². The second-order valence-corrected chi connectivity index (χ2v) is 5.11. The molecule has 1 atom stereocenters. The number of ketones is 1. The van der Waals surface area contributed by atoms with Gasteiger partial charge in [0.05, 0.1) is 11.8 Å². The molecule has 0 N–H and O–H groups in total. The molecular formula is C13H22O5. The lowest BCUT2D eigenvalue weighted by atomic mass is 9.97. The van der Waals surface area contributed by atoms with E-state index in [0.717, 1.165) is 0 Å². The molecule has 0 fully saturated rings. The van der Waals surface area contributed by atoms with Crippen LogP contribution < -0.4 is 0 Å². The van der Waals surface area contributed by atoms with Gasteiger partial charge in [-0.05, 0) is 20.8 Å². The van der Waals surface area contributed by atoms with Crippen LogP contribution in [0.25, 0.3) is 0 Å². The molecular weight excluding hydrogens is 236 g/mol. The van der Waals surface area contributed by atoms with Gasteiger partial charge >= 0.3 is 11.9 Å². The maximum Gasteiger partial charge on any atom is 0.314 e. The maximum atomic E-state index is 11.5. The first-order valence-corrected chi connectivity index (χ1v) is 6.09. The van der Waals surface area contributed by atoms with Gasteiger partial charge in [0, 0.05) is 19.8 Å². The third-order valence-corrected chi connectivity index (χ3v) is 2.19. The van der Waals surface area contributed by atoms with Crippen LogP contribution in [0.1, 0.15) is 53.9 Å². The molecule has 5 heteroatoms. The zero-order chi connectivity index (χ0) is 14.3. The Morgan fingerprint density at radius 3 is 2.06 bits per heavy atom. The highest BCUT2D eigenvalue weighted by atomic mass is 16.7. The van der Waals surface area contributed by atoms with E-state index < -0.39 is 23.6 Å². The predicted molar refractivity (Wildman–Crippen MR) is 65.6 cm³/mol. The van der Waals surface area contributed by atoms with Crippen molar-refractivity contribution in [3.05, 3.63) is 0 Å². The van der Waals surface area contributed by atoms with Gasteiger partial charge in [0.25, 0.3) is 0 Å². The summed E-state index contributed by atoms with van der Waals surface area (Å²) in [5.74, 6) is -0.968. The first-order chi connectivity index (χ1) is 8.16. The van der Waals surface area contributed by atoms with E-state index in [1.807, 2.05) is 0 Å². The van der Waals surface area contributed by atoms with Crippen molar-refractivity contribution in [1.82, 2.24) is 0 Å². The van der Waals surface area contributed by atoms with E-state index in [4.69, 9.17) is 9.47 Å². The molecule has 0 saturated heterocycles. The Kier molecular flexibility index (Phi) is 6.58. The first-order valence-electron chi connectivity index (χ1n) is 6.09. The molecule has 0 heterocycles. The molecule has 0 bridgehead atoms. The van der Waals surface area contributed by atoms with Crippen LogP contribution in [0.15, 0.2) is 0 Å². The highest BCUT2D eigenvalue weighted by Crippen LogP contribution is 2.16. The Morgan fingerprint density at radius 2 is 1.61 bits per heavy atom. The van der Waals surface area contributed by atoms with E-state index in [0.29, 0.717) is 6.42 Å². The highest BCUT2D eigenvalue weighted by Gasteiger charge is 2.26. The number of hydrogen-bond acceptors (Lipinski definition) is 5. The molecule has 0 aliphatic carbocycles. The van der Waals surface area contributed by atoms with Gasteiger partial charge in [0.15, 0.2) is 0 Å². The minimum absolute atomic E-state index is 0.00582. The molecule has 0 aliphatic heterocycles. The SMILES string of the molecule is CCC(=O)CCC(=O)OC(C)OC(=O)C(C)(C)C. The van der Waals surface area contributed by atoms with Crippen LogP contribution in [0.3, 0.4) is 0 Å². The van der Waals surface area contributed by atoms with E-state index in [9.17, 15) is 14.4 Å². The smallest absolute Gasteiger partial charge is 0.314 e. The van der Waals surface area contributed by atoms with Crippen molar-refractivity contribution in [2.45, 2.75) is 60.2 Å². The van der Waals surface area contributed by atoms with Crippen LogP contribution in [-0.4, -0.2) is 24.0 Å². The Labute approximate surface area is 108 Å². The van der Waals surface area contributed by atoms with Crippen molar-refractivity contribution in [3.63, 3.8) is 0 Å². The van der Waals surface area contributed by atoms with Gasteiger partial charge in [-0.15, -0.1) is 0 Å². The van der Waals surface area contributed by atoms with Crippen molar-refractivity contribution in [1.29, 1.82) is 0 Å². The summed E-state index contributed by atoms with van der Waals surface area (Å²) in [5.41, 5.74) is -0.640. The van der Waals surface area contributed by atoms with Crippen molar-refractivity contribution in [2.24, 2.45) is 5.41 Å². The number of ether oxygens (including phenoxy) is 2. The van der Waals surface area contributed by atoms with Gasteiger partial charge in [-0.25, -0.2) is 0 Å². The number of esters is 2. The normalized spacial score (nSPS) is 12.7. The monoisotopic (exact) mass is 258 g/mol. The summed E-state index contributed by atoms with van der Waals surface area (Å²) in [6.07, 6.45) is -0.345. The fraction of sp³-hybridized carbons (Fsp3) is 0.769. The van der Waals surface area contributed by atoms with Crippen LogP contribution in [-0.2, 0) is 23.9 Å². The minimum atomic E-state index is -0.930. The molecule has 0 aromatic carbocycles. The fourth-order valence-corrected chi connectivity index (χ4v) is 1.01. The van der Waals surface area contributed by atoms with Crippen LogP contribution in [0.2, 0.25) is 0 Å². The standard InChI is InChI=1S/C13H22O5/c1-6-10(14)7-8-11(15)17-9(2)18-12(16)13(3,4)5/h9H,6-8H2,1-5H3. The Morgan fingerprint density at radius 1 is 1.06 bits per heavy atom. The number of rotatable bonds is 6. The number of carbonyl (C=O) groups is 3. The minimum Gasteiger partial charge on any atom is -0.425 e. The summed E-state index contributed by atoms with van der Waals surface area (Å²) in [6, 6.07) is 0. The van der Waals surface area contributed by atoms with Crippen molar-refractivity contribution >= 4 is 17.7 Å². The van der Waals surface area contributed by atoms with Gasteiger partial charge in [-0.3, -0.25) is 14.4 Å². The lowest BCUT2D eigenvalue weighted by Crippen LogP contribution is -2.29. The zero-order valence-electron chi connectivity index (χ0n) is 11.7.